The topological polar surface area (TPSA) is 82.0 Å². The number of amides is 2. The number of aryl methyl sites for hydroxylation is 1. The van der Waals surface area contributed by atoms with Crippen molar-refractivity contribution in [2.45, 2.75) is 32.7 Å². The number of carbonyl (C=O) groups excluding carboxylic acids is 2. The van der Waals surface area contributed by atoms with Crippen molar-refractivity contribution in [3.8, 4) is 6.07 Å². The molecule has 2 N–H and O–H groups in total. The highest BCUT2D eigenvalue weighted by atomic mass is 19.1. The van der Waals surface area contributed by atoms with E-state index in [0.717, 1.165) is 11.1 Å². The Morgan fingerprint density at radius 1 is 1.18 bits per heavy atom. The Bertz CT molecular complexity index is 1030. The number of nitrogens with zero attached hydrogens (tertiary/aromatic N) is 1. The maximum absolute atomic E-state index is 13.1. The zero-order valence-corrected chi connectivity index (χ0v) is 15.9. The summed E-state index contributed by atoms with van der Waals surface area (Å²) in [5.74, 6) is -1.15. The van der Waals surface area contributed by atoms with Crippen molar-refractivity contribution < 1.29 is 14.0 Å². The maximum atomic E-state index is 13.1. The second kappa shape index (κ2) is 7.28. The van der Waals surface area contributed by atoms with E-state index in [1.165, 1.54) is 12.1 Å². The fourth-order valence-electron chi connectivity index (χ4n) is 3.46. The van der Waals surface area contributed by atoms with Gasteiger partial charge in [0.2, 0.25) is 5.91 Å². The highest BCUT2D eigenvalue weighted by Crippen LogP contribution is 2.27. The van der Waals surface area contributed by atoms with E-state index >= 15 is 0 Å². The third-order valence-electron chi connectivity index (χ3n) is 4.97. The number of allylic oxidation sites excluding steroid dienone is 1. The van der Waals surface area contributed by atoms with Crippen molar-refractivity contribution in [1.29, 1.82) is 5.26 Å². The average Bonchev–Trinajstić information content (AvgIpc) is 2.65. The summed E-state index contributed by atoms with van der Waals surface area (Å²) in [7, 11) is 0. The van der Waals surface area contributed by atoms with Gasteiger partial charge in [0, 0.05) is 12.0 Å². The van der Waals surface area contributed by atoms with Gasteiger partial charge in [0.25, 0.3) is 5.91 Å². The Morgan fingerprint density at radius 2 is 1.86 bits per heavy atom. The van der Waals surface area contributed by atoms with E-state index in [1.54, 1.807) is 38.1 Å². The van der Waals surface area contributed by atoms with Gasteiger partial charge in [0.05, 0.1) is 11.6 Å². The molecule has 1 unspecified atom stereocenters. The highest BCUT2D eigenvalue weighted by molar-refractivity contribution is 6.11. The fraction of sp³-hybridized carbons (Fsp3) is 0.227. The van der Waals surface area contributed by atoms with Gasteiger partial charge >= 0.3 is 0 Å². The molecule has 6 heteroatoms. The zero-order valence-electron chi connectivity index (χ0n) is 15.9. The van der Waals surface area contributed by atoms with Crippen molar-refractivity contribution in [3.63, 3.8) is 0 Å². The summed E-state index contributed by atoms with van der Waals surface area (Å²) < 4.78 is 13.1. The summed E-state index contributed by atoms with van der Waals surface area (Å²) in [6, 6.07) is 13.2. The van der Waals surface area contributed by atoms with Crippen LogP contribution in [0.15, 0.2) is 48.2 Å². The van der Waals surface area contributed by atoms with Gasteiger partial charge in [-0.15, -0.1) is 0 Å². The minimum absolute atomic E-state index is 0.132. The molecule has 1 saturated heterocycles. The molecule has 2 aromatic rings. The fourth-order valence-corrected chi connectivity index (χ4v) is 3.46. The second-order valence-electron chi connectivity index (χ2n) is 7.15. The summed E-state index contributed by atoms with van der Waals surface area (Å²) in [4.78, 5) is 25.6. The van der Waals surface area contributed by atoms with E-state index in [4.69, 9.17) is 0 Å². The quantitative estimate of drug-likeness (QED) is 0.807. The number of nitrogens with one attached hydrogen (secondary N) is 2. The van der Waals surface area contributed by atoms with Crippen LogP contribution in [0.3, 0.4) is 0 Å². The molecule has 0 bridgehead atoms. The lowest BCUT2D eigenvalue weighted by atomic mass is 9.88. The minimum atomic E-state index is -1.16. The first kappa shape index (κ1) is 19.3. The van der Waals surface area contributed by atoms with E-state index in [1.807, 2.05) is 13.0 Å². The van der Waals surface area contributed by atoms with Crippen molar-refractivity contribution in [2.24, 2.45) is 0 Å². The first-order valence-electron chi connectivity index (χ1n) is 8.84. The largest absolute Gasteiger partial charge is 0.336 e. The summed E-state index contributed by atoms with van der Waals surface area (Å²) in [5, 5.41) is 14.9. The molecule has 0 aliphatic carbocycles. The summed E-state index contributed by atoms with van der Waals surface area (Å²) in [6.07, 6.45) is 0.227. The number of benzene rings is 2. The zero-order chi connectivity index (χ0) is 20.5. The number of hydrogen-bond donors (Lipinski definition) is 2. The second-order valence-corrected chi connectivity index (χ2v) is 7.15. The van der Waals surface area contributed by atoms with E-state index < -0.39 is 11.4 Å². The van der Waals surface area contributed by atoms with Crippen LogP contribution in [0.2, 0.25) is 0 Å². The van der Waals surface area contributed by atoms with Gasteiger partial charge in [-0.05, 0) is 55.7 Å². The number of nitriles is 1. The van der Waals surface area contributed by atoms with Crippen LogP contribution in [-0.2, 0) is 16.0 Å². The number of rotatable bonds is 3. The molecule has 0 saturated carbocycles. The minimum Gasteiger partial charge on any atom is -0.336 e. The predicted molar refractivity (Wildman–Crippen MR) is 103 cm³/mol. The van der Waals surface area contributed by atoms with Crippen LogP contribution in [-0.4, -0.2) is 17.4 Å². The molecule has 3 rings (SSSR count). The van der Waals surface area contributed by atoms with E-state index in [9.17, 15) is 19.2 Å². The molecule has 28 heavy (non-hydrogen) atoms. The van der Waals surface area contributed by atoms with Crippen LogP contribution in [0.4, 0.5) is 4.39 Å². The van der Waals surface area contributed by atoms with Crippen LogP contribution in [0.5, 0.6) is 0 Å². The van der Waals surface area contributed by atoms with Crippen LogP contribution < -0.4 is 10.6 Å². The molecule has 1 atom stereocenters. The molecule has 5 nitrogen and oxygen atoms in total. The Hall–Kier alpha value is -3.46. The van der Waals surface area contributed by atoms with Crippen LogP contribution in [0, 0.1) is 24.1 Å². The molecule has 142 valence electrons. The summed E-state index contributed by atoms with van der Waals surface area (Å²) in [6.45, 7) is 5.19. The standard InChI is InChI=1S/C22H20FN3O2/c1-13-5-4-6-16(12-24)18(13)14(2)19-20(27)26-22(3,21(28)25-19)11-15-7-9-17(23)10-8-15/h4-10H,11H2,1-3H3,(H,25,28)(H,26,27). The van der Waals surface area contributed by atoms with Gasteiger partial charge in [-0.2, -0.15) is 5.26 Å². The summed E-state index contributed by atoms with van der Waals surface area (Å²) >= 11 is 0. The summed E-state index contributed by atoms with van der Waals surface area (Å²) in [5.41, 5.74) is 2.14. The molecule has 2 amide bonds. The molecular weight excluding hydrogens is 357 g/mol. The number of piperazine rings is 1. The number of hydrogen-bond acceptors (Lipinski definition) is 3. The Kier molecular flexibility index (Phi) is 5.02. The van der Waals surface area contributed by atoms with Gasteiger partial charge < -0.3 is 10.6 Å². The lowest BCUT2D eigenvalue weighted by molar-refractivity contribution is -0.135. The maximum Gasteiger partial charge on any atom is 0.268 e. The lowest BCUT2D eigenvalue weighted by Crippen LogP contribution is -2.64. The van der Waals surface area contributed by atoms with E-state index in [2.05, 4.69) is 16.7 Å². The first-order valence-corrected chi connectivity index (χ1v) is 8.84. The number of carbonyl (C=O) groups is 2. The Labute approximate surface area is 162 Å². The molecule has 0 spiro atoms. The smallest absolute Gasteiger partial charge is 0.268 e. The van der Waals surface area contributed by atoms with E-state index in [0.29, 0.717) is 16.7 Å². The predicted octanol–water partition coefficient (Wildman–Crippen LogP) is 2.98. The van der Waals surface area contributed by atoms with Gasteiger partial charge in [-0.25, -0.2) is 4.39 Å². The van der Waals surface area contributed by atoms with Gasteiger partial charge in [0.15, 0.2) is 0 Å². The van der Waals surface area contributed by atoms with Crippen LogP contribution in [0.25, 0.3) is 5.57 Å². The molecule has 2 aromatic carbocycles. The molecule has 1 aliphatic heterocycles. The number of halogens is 1. The van der Waals surface area contributed by atoms with Gasteiger partial charge in [-0.3, -0.25) is 9.59 Å². The average molecular weight is 377 g/mol. The molecule has 0 aromatic heterocycles. The molecule has 0 radical (unpaired) electrons. The highest BCUT2D eigenvalue weighted by Gasteiger charge is 2.41. The van der Waals surface area contributed by atoms with Crippen molar-refractivity contribution in [3.05, 3.63) is 76.2 Å². The van der Waals surface area contributed by atoms with Crippen molar-refractivity contribution in [1.82, 2.24) is 10.6 Å². The third kappa shape index (κ3) is 3.52. The monoisotopic (exact) mass is 377 g/mol. The Morgan fingerprint density at radius 3 is 2.50 bits per heavy atom. The van der Waals surface area contributed by atoms with E-state index in [-0.39, 0.29) is 23.8 Å². The molecule has 1 aliphatic rings. The van der Waals surface area contributed by atoms with Crippen LogP contribution >= 0.6 is 0 Å². The third-order valence-corrected chi connectivity index (χ3v) is 4.97. The normalized spacial score (nSPS) is 20.8. The molecule has 1 fully saturated rings. The first-order chi connectivity index (χ1) is 13.2. The van der Waals surface area contributed by atoms with Gasteiger partial charge in [0.1, 0.15) is 17.1 Å². The molecular formula is C22H20FN3O2. The van der Waals surface area contributed by atoms with Gasteiger partial charge in [-0.1, -0.05) is 24.3 Å². The SMILES string of the molecule is CC(=C1NC(=O)C(C)(Cc2ccc(F)cc2)NC1=O)c1c(C)cccc1C#N. The van der Waals surface area contributed by atoms with Crippen molar-refractivity contribution in [2.75, 3.05) is 0 Å². The Balaban J connectivity index is 1.94. The molecule has 1 heterocycles. The van der Waals surface area contributed by atoms with Crippen molar-refractivity contribution >= 4 is 17.4 Å². The lowest BCUT2D eigenvalue weighted by Gasteiger charge is -2.35. The van der Waals surface area contributed by atoms with Crippen LogP contribution in [0.1, 0.15) is 36.1 Å².